The highest BCUT2D eigenvalue weighted by molar-refractivity contribution is 5.98. The molecule has 0 unspecified atom stereocenters. The number of rotatable bonds is 5. The topological polar surface area (TPSA) is 55.8 Å². The van der Waals surface area contributed by atoms with Crippen molar-refractivity contribution in [3.63, 3.8) is 0 Å². The van der Waals surface area contributed by atoms with E-state index in [-0.39, 0.29) is 11.7 Å². The lowest BCUT2D eigenvalue weighted by atomic mass is 10.0. The van der Waals surface area contributed by atoms with Gasteiger partial charge in [-0.05, 0) is 68.2 Å². The second-order valence-electron chi connectivity index (χ2n) is 11.0. The number of amides is 1. The molecule has 6 rings (SSSR count). The Hall–Kier alpha value is -3.72. The third-order valence-electron chi connectivity index (χ3n) is 8.02. The largest absolute Gasteiger partial charge is 0.336 e. The third kappa shape index (κ3) is 5.75. The summed E-state index contributed by atoms with van der Waals surface area (Å²) < 4.78 is 13.8. The molecule has 0 N–H and O–H groups in total. The van der Waals surface area contributed by atoms with Gasteiger partial charge in [-0.2, -0.15) is 0 Å². The van der Waals surface area contributed by atoms with E-state index in [2.05, 4.69) is 53.1 Å². The summed E-state index contributed by atoms with van der Waals surface area (Å²) in [5.74, 6) is -0.283. The fourth-order valence-corrected chi connectivity index (χ4v) is 5.47. The molecule has 0 bridgehead atoms. The molecule has 0 radical (unpaired) electrons. The molecule has 0 saturated carbocycles. The van der Waals surface area contributed by atoms with Crippen LogP contribution in [0, 0.1) is 5.82 Å². The van der Waals surface area contributed by atoms with E-state index in [0.29, 0.717) is 29.9 Å². The quantitative estimate of drug-likeness (QED) is 0.379. The first-order chi connectivity index (χ1) is 19.4. The molecular weight excluding hydrogens is 503 g/mol. The molecule has 2 fully saturated rings. The van der Waals surface area contributed by atoms with E-state index in [1.54, 1.807) is 12.1 Å². The van der Waals surface area contributed by atoms with Crippen molar-refractivity contribution in [2.75, 3.05) is 66.5 Å². The van der Waals surface area contributed by atoms with Gasteiger partial charge in [0.1, 0.15) is 5.82 Å². The maximum absolute atomic E-state index is 13.8. The summed E-state index contributed by atoms with van der Waals surface area (Å²) in [4.78, 5) is 32.3. The average Bonchev–Trinajstić information content (AvgIpc) is 2.98. The number of fused-ring (bicyclic) bond motifs is 1. The Bertz CT molecular complexity index is 1510. The lowest BCUT2D eigenvalue weighted by Gasteiger charge is -2.32. The zero-order chi connectivity index (χ0) is 27.6. The zero-order valence-corrected chi connectivity index (χ0v) is 23.2. The van der Waals surface area contributed by atoms with Gasteiger partial charge >= 0.3 is 0 Å². The maximum Gasteiger partial charge on any atom is 0.254 e. The Kier molecular flexibility index (Phi) is 7.56. The van der Waals surface area contributed by atoms with E-state index in [1.165, 1.54) is 17.7 Å². The molecule has 2 aliphatic heterocycles. The first kappa shape index (κ1) is 26.5. The zero-order valence-electron chi connectivity index (χ0n) is 23.2. The Morgan fingerprint density at radius 1 is 0.725 bits per heavy atom. The molecule has 1 aromatic heterocycles. The van der Waals surface area contributed by atoms with E-state index in [1.807, 2.05) is 23.1 Å². The van der Waals surface area contributed by atoms with Crippen LogP contribution in [0.3, 0.4) is 0 Å². The number of carbonyl (C=O) groups is 1. The predicted octanol–water partition coefficient (Wildman–Crippen LogP) is 4.24. The summed E-state index contributed by atoms with van der Waals surface area (Å²) in [6.45, 7) is 8.28. The van der Waals surface area contributed by atoms with Crippen LogP contribution in [0.5, 0.6) is 0 Å². The molecule has 7 nitrogen and oxygen atoms in total. The Balaban J connectivity index is 1.37. The number of hydrogen-bond donors (Lipinski definition) is 0. The van der Waals surface area contributed by atoms with Gasteiger partial charge in [-0.3, -0.25) is 9.69 Å². The van der Waals surface area contributed by atoms with Crippen LogP contribution in [-0.4, -0.2) is 102 Å². The van der Waals surface area contributed by atoms with Crippen LogP contribution in [-0.2, 0) is 6.54 Å². The van der Waals surface area contributed by atoms with Crippen LogP contribution in [0.25, 0.3) is 33.5 Å². The third-order valence-corrected chi connectivity index (χ3v) is 8.02. The predicted molar refractivity (Wildman–Crippen MR) is 157 cm³/mol. The second-order valence-corrected chi connectivity index (χ2v) is 11.0. The second kappa shape index (κ2) is 11.4. The Morgan fingerprint density at radius 3 is 2.10 bits per heavy atom. The number of carbonyl (C=O) groups excluding carboxylic acids is 1. The van der Waals surface area contributed by atoms with Crippen LogP contribution >= 0.6 is 0 Å². The number of aromatic nitrogens is 2. The molecule has 8 heteroatoms. The van der Waals surface area contributed by atoms with Gasteiger partial charge in [0.25, 0.3) is 5.91 Å². The van der Waals surface area contributed by atoms with E-state index < -0.39 is 0 Å². The summed E-state index contributed by atoms with van der Waals surface area (Å²) in [6, 6.07) is 20.4. The molecule has 206 valence electrons. The van der Waals surface area contributed by atoms with E-state index in [9.17, 15) is 9.18 Å². The molecule has 3 aromatic carbocycles. The molecule has 0 aliphatic carbocycles. The normalized spacial score (nSPS) is 17.4. The van der Waals surface area contributed by atoms with Crippen molar-refractivity contribution in [3.8, 4) is 22.5 Å². The number of piperazine rings is 2. The van der Waals surface area contributed by atoms with E-state index in [0.717, 1.165) is 68.2 Å². The van der Waals surface area contributed by atoms with Gasteiger partial charge in [-0.25, -0.2) is 14.4 Å². The highest BCUT2D eigenvalue weighted by atomic mass is 19.1. The Morgan fingerprint density at radius 2 is 1.38 bits per heavy atom. The van der Waals surface area contributed by atoms with Crippen LogP contribution in [0.2, 0.25) is 0 Å². The minimum atomic E-state index is -0.298. The molecule has 2 saturated heterocycles. The molecule has 0 spiro atoms. The lowest BCUT2D eigenvalue weighted by Crippen LogP contribution is -2.47. The van der Waals surface area contributed by atoms with Crippen molar-refractivity contribution < 1.29 is 9.18 Å². The van der Waals surface area contributed by atoms with E-state index in [4.69, 9.17) is 9.97 Å². The Labute approximate surface area is 234 Å². The molecule has 0 atom stereocenters. The summed E-state index contributed by atoms with van der Waals surface area (Å²) in [5, 5.41) is 0. The van der Waals surface area contributed by atoms with Gasteiger partial charge in [-0.1, -0.05) is 18.2 Å². The van der Waals surface area contributed by atoms with E-state index >= 15 is 0 Å². The first-order valence-corrected chi connectivity index (χ1v) is 14.0. The van der Waals surface area contributed by atoms with Crippen molar-refractivity contribution >= 4 is 16.9 Å². The lowest BCUT2D eigenvalue weighted by molar-refractivity contribution is 0.0664. The monoisotopic (exact) mass is 538 g/mol. The number of nitrogens with zero attached hydrogens (tertiary/aromatic N) is 6. The molecule has 3 heterocycles. The highest BCUT2D eigenvalue weighted by Gasteiger charge is 2.22. The van der Waals surface area contributed by atoms with Crippen molar-refractivity contribution in [3.05, 3.63) is 83.7 Å². The smallest absolute Gasteiger partial charge is 0.254 e. The summed E-state index contributed by atoms with van der Waals surface area (Å²) in [5.41, 5.74) is 6.38. The fourth-order valence-electron chi connectivity index (χ4n) is 5.47. The van der Waals surface area contributed by atoms with Gasteiger partial charge in [0.05, 0.1) is 22.4 Å². The summed E-state index contributed by atoms with van der Waals surface area (Å²) in [6.07, 6.45) is 0. The highest BCUT2D eigenvalue weighted by Crippen LogP contribution is 2.32. The van der Waals surface area contributed by atoms with Crippen molar-refractivity contribution in [1.29, 1.82) is 0 Å². The summed E-state index contributed by atoms with van der Waals surface area (Å²) in [7, 11) is 4.24. The molecular formula is C32H35FN6O. The van der Waals surface area contributed by atoms with Gasteiger partial charge in [0, 0.05) is 75.6 Å². The molecule has 4 aromatic rings. The summed E-state index contributed by atoms with van der Waals surface area (Å²) >= 11 is 0. The van der Waals surface area contributed by atoms with Gasteiger partial charge in [0.2, 0.25) is 0 Å². The number of benzene rings is 3. The van der Waals surface area contributed by atoms with Crippen molar-refractivity contribution in [1.82, 2.24) is 29.6 Å². The van der Waals surface area contributed by atoms with Gasteiger partial charge in [0.15, 0.2) is 0 Å². The number of halogens is 1. The van der Waals surface area contributed by atoms with Crippen LogP contribution in [0.15, 0.2) is 66.7 Å². The minimum Gasteiger partial charge on any atom is -0.336 e. The van der Waals surface area contributed by atoms with Crippen molar-refractivity contribution in [2.24, 2.45) is 0 Å². The molecule has 1 amide bonds. The maximum atomic E-state index is 13.8. The SMILES string of the molecule is CN1CCN(Cc2cccc(-c3nc4ccc(C(=O)N5CCN(C)CC5)cc4nc3-c3ccc(F)cc3)c2)CC1. The standard InChI is InChI=1S/C32H35FN6O/c1-36-12-16-38(17-13-36)22-23-4-3-5-25(20-23)31-30(24-6-9-27(33)10-7-24)35-29-21-26(8-11-28(29)34-31)32(40)39-18-14-37(2)15-19-39/h3-11,20-21H,12-19,22H2,1-2H3. The molecule has 40 heavy (non-hydrogen) atoms. The van der Waals surface area contributed by atoms with Crippen LogP contribution < -0.4 is 0 Å². The van der Waals surface area contributed by atoms with Gasteiger partial charge < -0.3 is 14.7 Å². The van der Waals surface area contributed by atoms with Crippen molar-refractivity contribution in [2.45, 2.75) is 6.54 Å². The van der Waals surface area contributed by atoms with Gasteiger partial charge in [-0.15, -0.1) is 0 Å². The van der Waals surface area contributed by atoms with Crippen LogP contribution in [0.4, 0.5) is 4.39 Å². The van der Waals surface area contributed by atoms with Crippen LogP contribution in [0.1, 0.15) is 15.9 Å². The first-order valence-electron chi connectivity index (χ1n) is 14.0. The fraction of sp³-hybridized carbons (Fsp3) is 0.344. The number of hydrogen-bond acceptors (Lipinski definition) is 6. The number of likely N-dealkylation sites (N-methyl/N-ethyl adjacent to an activating group) is 2. The minimum absolute atomic E-state index is 0.0146. The molecule has 2 aliphatic rings. The average molecular weight is 539 g/mol.